The van der Waals surface area contributed by atoms with Gasteiger partial charge in [0.2, 0.25) is 0 Å². The summed E-state index contributed by atoms with van der Waals surface area (Å²) >= 11 is 0. The lowest BCUT2D eigenvalue weighted by Gasteiger charge is -2.29. The third-order valence-corrected chi connectivity index (χ3v) is 3.62. The Labute approximate surface area is 119 Å². The van der Waals surface area contributed by atoms with Gasteiger partial charge in [0.1, 0.15) is 5.54 Å². The minimum absolute atomic E-state index is 0.309. The molecular weight excluding hydrogens is 258 g/mol. The fourth-order valence-electron chi connectivity index (χ4n) is 2.25. The van der Waals surface area contributed by atoms with Gasteiger partial charge in [-0.05, 0) is 37.5 Å². The molecule has 1 aromatic carbocycles. The van der Waals surface area contributed by atoms with Crippen LogP contribution in [-0.4, -0.2) is 33.3 Å². The van der Waals surface area contributed by atoms with E-state index in [-0.39, 0.29) is 5.97 Å². The first-order valence-electron chi connectivity index (χ1n) is 6.63. The first-order chi connectivity index (χ1) is 9.55. The fourth-order valence-corrected chi connectivity index (χ4v) is 2.25. The normalized spacial score (nSPS) is 17.2. The van der Waals surface area contributed by atoms with Gasteiger partial charge in [0.25, 0.3) is 0 Å². The highest BCUT2D eigenvalue weighted by Crippen LogP contribution is 2.35. The van der Waals surface area contributed by atoms with Crippen LogP contribution >= 0.6 is 0 Å². The zero-order valence-electron chi connectivity index (χ0n) is 12.4. The zero-order chi connectivity index (χ0) is 14.8. The Morgan fingerprint density at radius 3 is 2.35 bits per heavy atom. The van der Waals surface area contributed by atoms with Gasteiger partial charge in [-0.25, -0.2) is 4.79 Å². The van der Waals surface area contributed by atoms with Gasteiger partial charge in [0, 0.05) is 6.04 Å². The molecule has 1 atom stereocenters. The van der Waals surface area contributed by atoms with Crippen LogP contribution in [0, 0.1) is 0 Å². The average Bonchev–Trinajstić information content (AvgIpc) is 3.29. The van der Waals surface area contributed by atoms with E-state index in [1.807, 2.05) is 19.1 Å². The largest absolute Gasteiger partial charge is 0.493 e. The quantitative estimate of drug-likeness (QED) is 0.805. The molecule has 0 radical (unpaired) electrons. The molecule has 0 heterocycles. The molecule has 5 heteroatoms. The number of carbonyl (C=O) groups excluding carboxylic acids is 1. The van der Waals surface area contributed by atoms with E-state index >= 15 is 0 Å². The summed E-state index contributed by atoms with van der Waals surface area (Å²) in [6, 6.07) is 5.83. The van der Waals surface area contributed by atoms with Gasteiger partial charge in [-0.15, -0.1) is 0 Å². The molecule has 0 saturated heterocycles. The SMILES string of the molecule is COC(=O)C(C)(NC1CC1)c1ccc(OC)c(OC)c1. The molecule has 1 fully saturated rings. The smallest absolute Gasteiger partial charge is 0.330 e. The standard InChI is InChI=1S/C15H21NO4/c1-15(14(17)20-4,16-11-6-7-11)10-5-8-12(18-2)13(9-10)19-3/h5,8-9,11,16H,6-7H2,1-4H3. The first-order valence-corrected chi connectivity index (χ1v) is 6.63. The molecule has 1 unspecified atom stereocenters. The molecule has 0 spiro atoms. The number of esters is 1. The molecule has 0 amide bonds. The highest BCUT2D eigenvalue weighted by Gasteiger charge is 2.41. The van der Waals surface area contributed by atoms with Crippen molar-refractivity contribution in [3.05, 3.63) is 23.8 Å². The zero-order valence-corrected chi connectivity index (χ0v) is 12.4. The molecule has 110 valence electrons. The molecule has 1 aromatic rings. The monoisotopic (exact) mass is 279 g/mol. The fraction of sp³-hybridized carbons (Fsp3) is 0.533. The van der Waals surface area contributed by atoms with Crippen molar-refractivity contribution in [2.75, 3.05) is 21.3 Å². The molecule has 0 aromatic heterocycles. The third kappa shape index (κ3) is 2.72. The molecule has 1 N–H and O–H groups in total. The van der Waals surface area contributed by atoms with E-state index in [0.717, 1.165) is 18.4 Å². The predicted octanol–water partition coefficient (Wildman–Crippen LogP) is 1.84. The number of nitrogens with one attached hydrogen (secondary N) is 1. The van der Waals surface area contributed by atoms with Crippen LogP contribution in [0.15, 0.2) is 18.2 Å². The van der Waals surface area contributed by atoms with Gasteiger partial charge in [-0.3, -0.25) is 5.32 Å². The van der Waals surface area contributed by atoms with Crippen LogP contribution < -0.4 is 14.8 Å². The van der Waals surface area contributed by atoms with Crippen LogP contribution in [0.4, 0.5) is 0 Å². The first kappa shape index (κ1) is 14.7. The van der Waals surface area contributed by atoms with E-state index < -0.39 is 5.54 Å². The summed E-state index contributed by atoms with van der Waals surface area (Å²) in [7, 11) is 4.56. The van der Waals surface area contributed by atoms with Gasteiger partial charge in [-0.2, -0.15) is 0 Å². The molecule has 2 rings (SSSR count). The lowest BCUT2D eigenvalue weighted by atomic mass is 9.91. The van der Waals surface area contributed by atoms with Crippen LogP contribution in [0.5, 0.6) is 11.5 Å². The van der Waals surface area contributed by atoms with Gasteiger partial charge in [-0.1, -0.05) is 6.07 Å². The lowest BCUT2D eigenvalue weighted by Crippen LogP contribution is -2.48. The van der Waals surface area contributed by atoms with Crippen molar-refractivity contribution < 1.29 is 19.0 Å². The van der Waals surface area contributed by atoms with Crippen molar-refractivity contribution in [3.63, 3.8) is 0 Å². The number of benzene rings is 1. The predicted molar refractivity (Wildman–Crippen MR) is 75.1 cm³/mol. The second-order valence-electron chi connectivity index (χ2n) is 5.10. The molecule has 1 aliphatic rings. The van der Waals surface area contributed by atoms with Crippen LogP contribution in [0.2, 0.25) is 0 Å². The summed E-state index contributed by atoms with van der Waals surface area (Å²) in [5.41, 5.74) is -0.0796. The third-order valence-electron chi connectivity index (χ3n) is 3.62. The lowest BCUT2D eigenvalue weighted by molar-refractivity contribution is -0.148. The number of hydrogen-bond donors (Lipinski definition) is 1. The topological polar surface area (TPSA) is 56.8 Å². The van der Waals surface area contributed by atoms with Crippen molar-refractivity contribution in [1.29, 1.82) is 0 Å². The molecule has 1 aliphatic carbocycles. The Hall–Kier alpha value is -1.75. The summed E-state index contributed by atoms with van der Waals surface area (Å²) in [5, 5.41) is 3.35. The summed E-state index contributed by atoms with van der Waals surface area (Å²) in [4.78, 5) is 12.2. The van der Waals surface area contributed by atoms with Crippen LogP contribution in [-0.2, 0) is 15.1 Å². The Bertz CT molecular complexity index is 499. The van der Waals surface area contributed by atoms with Crippen molar-refractivity contribution in [3.8, 4) is 11.5 Å². The van der Waals surface area contributed by atoms with Crippen LogP contribution in [0.25, 0.3) is 0 Å². The summed E-state index contributed by atoms with van der Waals surface area (Å²) in [6.45, 7) is 1.83. The molecule has 0 aliphatic heterocycles. The van der Waals surface area contributed by atoms with Crippen LogP contribution in [0.3, 0.4) is 0 Å². The van der Waals surface area contributed by atoms with Gasteiger partial charge in [0.15, 0.2) is 11.5 Å². The van der Waals surface area contributed by atoms with E-state index in [0.29, 0.717) is 17.5 Å². The molecular formula is C15H21NO4. The van der Waals surface area contributed by atoms with Gasteiger partial charge in [0.05, 0.1) is 21.3 Å². The van der Waals surface area contributed by atoms with Crippen molar-refractivity contribution >= 4 is 5.97 Å². The van der Waals surface area contributed by atoms with Gasteiger partial charge >= 0.3 is 5.97 Å². The molecule has 20 heavy (non-hydrogen) atoms. The Morgan fingerprint density at radius 1 is 1.20 bits per heavy atom. The maximum atomic E-state index is 12.2. The number of methoxy groups -OCH3 is 3. The van der Waals surface area contributed by atoms with Crippen LogP contribution in [0.1, 0.15) is 25.3 Å². The van der Waals surface area contributed by atoms with E-state index in [1.54, 1.807) is 20.3 Å². The Morgan fingerprint density at radius 2 is 1.85 bits per heavy atom. The van der Waals surface area contributed by atoms with Gasteiger partial charge < -0.3 is 14.2 Å². The van der Waals surface area contributed by atoms with E-state index in [2.05, 4.69) is 5.32 Å². The highest BCUT2D eigenvalue weighted by atomic mass is 16.5. The molecule has 5 nitrogen and oxygen atoms in total. The highest BCUT2D eigenvalue weighted by molar-refractivity contribution is 5.82. The van der Waals surface area contributed by atoms with E-state index in [9.17, 15) is 4.79 Å². The summed E-state index contributed by atoms with van der Waals surface area (Å²) in [5.74, 6) is 0.921. The maximum Gasteiger partial charge on any atom is 0.330 e. The molecule has 0 bridgehead atoms. The maximum absolute atomic E-state index is 12.2. The molecule has 1 saturated carbocycles. The second-order valence-corrected chi connectivity index (χ2v) is 5.10. The average molecular weight is 279 g/mol. The minimum atomic E-state index is -0.879. The minimum Gasteiger partial charge on any atom is -0.493 e. The Kier molecular flexibility index (Phi) is 4.18. The number of carbonyl (C=O) groups is 1. The van der Waals surface area contributed by atoms with Crippen molar-refractivity contribution in [2.24, 2.45) is 0 Å². The number of hydrogen-bond acceptors (Lipinski definition) is 5. The summed E-state index contributed by atoms with van der Waals surface area (Å²) in [6.07, 6.45) is 2.17. The van der Waals surface area contributed by atoms with Crippen molar-refractivity contribution in [1.82, 2.24) is 5.32 Å². The summed E-state index contributed by atoms with van der Waals surface area (Å²) < 4.78 is 15.5. The number of rotatable bonds is 6. The van der Waals surface area contributed by atoms with Crippen molar-refractivity contribution in [2.45, 2.75) is 31.3 Å². The van der Waals surface area contributed by atoms with E-state index in [1.165, 1.54) is 7.11 Å². The second kappa shape index (κ2) is 5.71. The number of ether oxygens (including phenoxy) is 3. The van der Waals surface area contributed by atoms with E-state index in [4.69, 9.17) is 14.2 Å². The Balaban J connectivity index is 2.39.